The molecule has 0 amide bonds. The maximum absolute atomic E-state index is 15.7. The molecule has 2 aromatic rings. The van der Waals surface area contributed by atoms with E-state index in [2.05, 4.69) is 14.2 Å². The number of halogens is 3. The minimum absolute atomic E-state index is 0.569. The lowest BCUT2D eigenvalue weighted by atomic mass is 9.95. The number of alkyl halides is 3. The molecule has 6 N–H and O–H groups in total. The Morgan fingerprint density at radius 1 is 0.793 bits per heavy atom. The van der Waals surface area contributed by atoms with E-state index in [1.54, 1.807) is 0 Å². The number of carbonyl (C=O) groups is 2. The molecular formula is C30H42F3N4O20P. The van der Waals surface area contributed by atoms with Gasteiger partial charge in [0.15, 0.2) is 24.2 Å². The molecule has 8 atom stereocenters. The predicted molar refractivity (Wildman–Crippen MR) is 181 cm³/mol. The van der Waals surface area contributed by atoms with Crippen molar-refractivity contribution in [2.75, 3.05) is 26.8 Å². The molecule has 2 aliphatic heterocycles. The number of H-pyrrole nitrogens is 2. The number of phosphoric acid groups is 1. The van der Waals surface area contributed by atoms with Crippen molar-refractivity contribution < 1.29 is 89.7 Å². The first kappa shape index (κ1) is 47.9. The van der Waals surface area contributed by atoms with Crippen molar-refractivity contribution in [2.24, 2.45) is 0 Å². The monoisotopic (exact) mass is 866 g/mol. The smallest absolute Gasteiger partial charge is 0.432 e. The number of aliphatic hydroxyl groups is 4. The second-order valence-electron chi connectivity index (χ2n) is 13.2. The maximum atomic E-state index is 15.7. The van der Waals surface area contributed by atoms with Crippen molar-refractivity contribution in [1.29, 1.82) is 0 Å². The van der Waals surface area contributed by atoms with Crippen LogP contribution in [0.1, 0.15) is 54.0 Å². The largest absolute Gasteiger partial charge is 0.510 e. The summed E-state index contributed by atoms with van der Waals surface area (Å²) in [5, 5.41) is 39.5. The molecule has 4 heterocycles. The second-order valence-corrected chi connectivity index (χ2v) is 14.9. The summed E-state index contributed by atoms with van der Waals surface area (Å²) in [4.78, 5) is 72.6. The Bertz CT molecular complexity index is 2010. The van der Waals surface area contributed by atoms with Gasteiger partial charge in [-0.15, -0.1) is 0 Å². The van der Waals surface area contributed by atoms with Crippen LogP contribution in [-0.2, 0) is 46.6 Å². The van der Waals surface area contributed by atoms with Gasteiger partial charge in [-0.25, -0.2) is 46.0 Å². The number of nitrogens with one attached hydrogen (secondary N) is 2. The van der Waals surface area contributed by atoms with Crippen LogP contribution in [0.5, 0.6) is 0 Å². The van der Waals surface area contributed by atoms with Gasteiger partial charge in [-0.2, -0.15) is 0 Å². The van der Waals surface area contributed by atoms with Gasteiger partial charge in [-0.3, -0.25) is 33.2 Å². The molecule has 0 saturated carbocycles. The number of aliphatic hydroxyl groups excluding tert-OH is 3. The Balaban J connectivity index is 0.000000393. The summed E-state index contributed by atoms with van der Waals surface area (Å²) in [5.41, 5.74) is -8.78. The molecule has 2 aromatic heterocycles. The molecule has 58 heavy (non-hydrogen) atoms. The summed E-state index contributed by atoms with van der Waals surface area (Å²) in [6.45, 7) is 2.89. The zero-order chi connectivity index (χ0) is 44.0. The molecular weight excluding hydrogens is 824 g/mol. The molecule has 4 rings (SSSR count). The molecule has 0 bridgehead atoms. The molecule has 2 aliphatic rings. The van der Waals surface area contributed by atoms with Crippen LogP contribution in [0.3, 0.4) is 0 Å². The van der Waals surface area contributed by atoms with Gasteiger partial charge in [-0.05, 0) is 41.5 Å². The minimum Gasteiger partial charge on any atom is -0.432 e. The van der Waals surface area contributed by atoms with Crippen LogP contribution in [0.4, 0.5) is 22.8 Å². The van der Waals surface area contributed by atoms with E-state index in [0.717, 1.165) is 38.4 Å². The summed E-state index contributed by atoms with van der Waals surface area (Å²) in [5.74, 6) is -6.37. The van der Waals surface area contributed by atoms with E-state index in [0.29, 0.717) is 9.13 Å². The van der Waals surface area contributed by atoms with Crippen LogP contribution in [0, 0.1) is 0 Å². The molecule has 328 valence electrons. The van der Waals surface area contributed by atoms with E-state index in [4.69, 9.17) is 32.9 Å². The van der Waals surface area contributed by atoms with Gasteiger partial charge in [0.1, 0.15) is 24.9 Å². The number of hydrogen-bond donors (Lipinski definition) is 6. The molecule has 24 nitrogen and oxygen atoms in total. The zero-order valence-corrected chi connectivity index (χ0v) is 32.3. The minimum atomic E-state index is -4.97. The van der Waals surface area contributed by atoms with Crippen molar-refractivity contribution >= 4 is 20.1 Å². The highest BCUT2D eigenvalue weighted by molar-refractivity contribution is 7.48. The molecule has 0 aliphatic carbocycles. The van der Waals surface area contributed by atoms with Crippen molar-refractivity contribution in [3.63, 3.8) is 0 Å². The molecule has 0 aromatic carbocycles. The van der Waals surface area contributed by atoms with Crippen LogP contribution in [0.15, 0.2) is 43.7 Å². The van der Waals surface area contributed by atoms with E-state index < -0.39 is 129 Å². The van der Waals surface area contributed by atoms with Crippen LogP contribution in [-0.4, -0.2) is 126 Å². The van der Waals surface area contributed by atoms with Crippen LogP contribution >= 0.6 is 7.82 Å². The highest BCUT2D eigenvalue weighted by Crippen LogP contribution is 2.53. The molecule has 0 spiro atoms. The number of ether oxygens (including phenoxy) is 6. The van der Waals surface area contributed by atoms with Crippen LogP contribution in [0.2, 0.25) is 0 Å². The molecule has 0 unspecified atom stereocenters. The standard InChI is InChI=1S/C20H30FN2O15P.C10H12F2N2O5/c1-11(2)36-17(27)31-9-34-39(30,35-10-32-18(28)37-12(3)4)33-8-20(21)14(25)19(5,29)15(38-20)23-7-6-13(24)22-16(23)26;1-9(11)6(17)10(12,4-15)19-7(9)14-3-2-5(16)13-8(14)18/h6-7,11-12,14-15,25,29H,8-10H2,1-5H3,(H,22,24,26);2-3,6-7,15,17H,4H2,1H3,(H,13,16,18)/t14-,15+,19+,20+;6-,7+,9+,10+/m00/s1. The lowest BCUT2D eigenvalue weighted by Gasteiger charge is -2.28. The first-order chi connectivity index (χ1) is 26.7. The lowest BCUT2D eigenvalue weighted by molar-refractivity contribution is -0.207. The fourth-order valence-corrected chi connectivity index (χ4v) is 5.92. The zero-order valence-electron chi connectivity index (χ0n) is 31.4. The highest BCUT2D eigenvalue weighted by atomic mass is 31.2. The number of phosphoric ester groups is 1. The third kappa shape index (κ3) is 11.4. The first-order valence-corrected chi connectivity index (χ1v) is 18.1. The third-order valence-corrected chi connectivity index (χ3v) is 9.07. The van der Waals surface area contributed by atoms with Gasteiger partial charge < -0.3 is 48.8 Å². The summed E-state index contributed by atoms with van der Waals surface area (Å²) in [7, 11) is -4.97. The SMILES string of the molecule is CC(C)OC(=O)OCOP(=O)(OCOC(=O)OC(C)C)OC[C@@]1(F)O[C@@H](n2ccc(=O)[nH]c2=O)[C@](C)(O)[C@@H]1O.C[C@]1(F)[C@H](n2ccc(=O)[nH]c2=O)O[C@](F)(CO)[C@H]1O. The Morgan fingerprint density at radius 2 is 1.22 bits per heavy atom. The number of rotatable bonds is 14. The van der Waals surface area contributed by atoms with E-state index in [-0.39, 0.29) is 0 Å². The maximum Gasteiger partial charge on any atom is 0.510 e. The van der Waals surface area contributed by atoms with E-state index in [1.807, 2.05) is 9.97 Å². The number of hydrogen-bond acceptors (Lipinski definition) is 20. The van der Waals surface area contributed by atoms with E-state index in [1.165, 1.54) is 27.7 Å². The van der Waals surface area contributed by atoms with E-state index in [9.17, 15) is 57.4 Å². The summed E-state index contributed by atoms with van der Waals surface area (Å²) in [6.07, 6.45) is -10.2. The second kappa shape index (κ2) is 18.6. The number of nitrogens with zero attached hydrogens (tertiary/aromatic N) is 2. The first-order valence-electron chi connectivity index (χ1n) is 16.7. The average molecular weight is 867 g/mol. The fourth-order valence-electron chi connectivity index (χ4n) is 5.00. The van der Waals surface area contributed by atoms with Crippen molar-refractivity contribution in [3.8, 4) is 0 Å². The van der Waals surface area contributed by atoms with Gasteiger partial charge in [0.25, 0.3) is 22.8 Å². The highest BCUT2D eigenvalue weighted by Gasteiger charge is 2.65. The van der Waals surface area contributed by atoms with Gasteiger partial charge in [0.2, 0.25) is 13.6 Å². The predicted octanol–water partition coefficient (Wildman–Crippen LogP) is -0.148. The van der Waals surface area contributed by atoms with Crippen molar-refractivity contribution in [3.05, 3.63) is 66.2 Å². The number of carbonyl (C=O) groups excluding carboxylic acids is 2. The van der Waals surface area contributed by atoms with Crippen molar-refractivity contribution in [2.45, 2.75) is 101 Å². The Labute approximate surface area is 323 Å². The number of aromatic nitrogens is 4. The summed E-state index contributed by atoms with van der Waals surface area (Å²) in [6, 6.07) is 1.80. The lowest BCUT2D eigenvalue weighted by Crippen LogP contribution is -2.50. The molecule has 28 heteroatoms. The van der Waals surface area contributed by atoms with Crippen LogP contribution in [0.25, 0.3) is 0 Å². The summed E-state index contributed by atoms with van der Waals surface area (Å²) < 4.78 is 101. The summed E-state index contributed by atoms with van der Waals surface area (Å²) >= 11 is 0. The topological polar surface area (TPSA) is 325 Å². The fraction of sp³-hybridized carbons (Fsp3) is 0.667. The Hall–Kier alpha value is -4.44. The normalized spacial score (nSPS) is 29.5. The van der Waals surface area contributed by atoms with Gasteiger partial charge in [0.05, 0.1) is 12.2 Å². The molecule has 0 radical (unpaired) electrons. The number of aromatic amines is 2. The quantitative estimate of drug-likeness (QED) is 0.0817. The molecule has 2 fully saturated rings. The molecule has 2 saturated heterocycles. The van der Waals surface area contributed by atoms with Crippen molar-refractivity contribution in [1.82, 2.24) is 19.1 Å². The van der Waals surface area contributed by atoms with Crippen LogP contribution < -0.4 is 22.5 Å². The van der Waals surface area contributed by atoms with Gasteiger partial charge in [-0.1, -0.05) is 0 Å². The van der Waals surface area contributed by atoms with E-state index >= 15 is 4.39 Å². The Morgan fingerprint density at radius 3 is 1.62 bits per heavy atom. The van der Waals surface area contributed by atoms with Gasteiger partial charge >= 0.3 is 31.5 Å². The average Bonchev–Trinajstić information content (AvgIpc) is 3.40. The third-order valence-electron chi connectivity index (χ3n) is 7.78. The Kier molecular flexibility index (Phi) is 15.4. The van der Waals surface area contributed by atoms with Gasteiger partial charge in [0, 0.05) is 24.5 Å².